The molecule has 0 fully saturated rings. The minimum absolute atomic E-state index is 0.0533. The van der Waals surface area contributed by atoms with Crippen molar-refractivity contribution in [1.29, 1.82) is 0 Å². The predicted octanol–water partition coefficient (Wildman–Crippen LogP) is 3.74. The first-order valence-electron chi connectivity index (χ1n) is 7.30. The van der Waals surface area contributed by atoms with Gasteiger partial charge in [0.1, 0.15) is 0 Å². The normalized spacial score (nSPS) is 11.5. The Balaban J connectivity index is 2.04. The van der Waals surface area contributed by atoms with E-state index in [1.54, 1.807) is 18.2 Å². The van der Waals surface area contributed by atoms with Crippen LogP contribution in [0.2, 0.25) is 5.02 Å². The molecule has 0 aliphatic heterocycles. The van der Waals surface area contributed by atoms with Crippen LogP contribution in [0.5, 0.6) is 0 Å². The minimum Gasteiger partial charge on any atom is -0.449 e. The number of halogens is 1. The van der Waals surface area contributed by atoms with Gasteiger partial charge in [-0.25, -0.2) is 4.79 Å². The molecule has 7 nitrogen and oxygen atoms in total. The largest absolute Gasteiger partial charge is 0.449 e. The highest BCUT2D eigenvalue weighted by molar-refractivity contribution is 6.33. The first kappa shape index (κ1) is 18.4. The molecule has 0 saturated heterocycles. The zero-order valence-electron chi connectivity index (χ0n) is 13.5. The third-order valence-corrected chi connectivity index (χ3v) is 3.63. The van der Waals surface area contributed by atoms with Crippen LogP contribution in [0.1, 0.15) is 22.8 Å². The Bertz CT molecular complexity index is 838. The second-order valence-electron chi connectivity index (χ2n) is 5.33. The molecule has 0 aliphatic rings. The van der Waals surface area contributed by atoms with Crippen LogP contribution in [-0.2, 0) is 9.53 Å². The fourth-order valence-corrected chi connectivity index (χ4v) is 2.28. The summed E-state index contributed by atoms with van der Waals surface area (Å²) in [6.45, 7) is 3.30. The quantitative estimate of drug-likeness (QED) is 0.496. The molecule has 2 aromatic rings. The summed E-state index contributed by atoms with van der Waals surface area (Å²) in [6.07, 6.45) is -1.07. The van der Waals surface area contributed by atoms with Crippen LogP contribution < -0.4 is 5.32 Å². The summed E-state index contributed by atoms with van der Waals surface area (Å²) in [6, 6.07) is 10.5. The summed E-state index contributed by atoms with van der Waals surface area (Å²) < 4.78 is 5.08. The van der Waals surface area contributed by atoms with Gasteiger partial charge in [-0.05, 0) is 37.6 Å². The van der Waals surface area contributed by atoms with Crippen molar-refractivity contribution < 1.29 is 19.2 Å². The lowest BCUT2D eigenvalue weighted by molar-refractivity contribution is -0.384. The molecular formula is C17H15ClN2O5. The molecular weight excluding hydrogens is 348 g/mol. The van der Waals surface area contributed by atoms with Gasteiger partial charge >= 0.3 is 5.97 Å². The maximum atomic E-state index is 12.1. The molecule has 1 atom stereocenters. The number of nitrogens with zero attached hydrogens (tertiary/aromatic N) is 1. The van der Waals surface area contributed by atoms with Crippen LogP contribution in [0.15, 0.2) is 42.5 Å². The molecule has 0 aliphatic carbocycles. The molecule has 0 unspecified atom stereocenters. The fraction of sp³-hybridized carbons (Fsp3) is 0.176. The van der Waals surface area contributed by atoms with Crippen molar-refractivity contribution >= 4 is 34.9 Å². The van der Waals surface area contributed by atoms with Crippen LogP contribution in [0.4, 0.5) is 11.4 Å². The molecule has 130 valence electrons. The van der Waals surface area contributed by atoms with Gasteiger partial charge in [-0.15, -0.1) is 0 Å². The number of nitro groups is 1. The van der Waals surface area contributed by atoms with E-state index in [0.29, 0.717) is 5.69 Å². The zero-order chi connectivity index (χ0) is 18.6. The summed E-state index contributed by atoms with van der Waals surface area (Å²) >= 11 is 5.87. The lowest BCUT2D eigenvalue weighted by Gasteiger charge is -2.14. The average Bonchev–Trinajstić information content (AvgIpc) is 2.54. The molecule has 0 bridgehead atoms. The van der Waals surface area contributed by atoms with Gasteiger partial charge in [-0.3, -0.25) is 14.9 Å². The van der Waals surface area contributed by atoms with Crippen molar-refractivity contribution in [2.45, 2.75) is 20.0 Å². The van der Waals surface area contributed by atoms with Crippen LogP contribution in [0.3, 0.4) is 0 Å². The number of rotatable bonds is 5. The Morgan fingerprint density at radius 1 is 1.24 bits per heavy atom. The third kappa shape index (κ3) is 4.77. The summed E-state index contributed by atoms with van der Waals surface area (Å²) in [7, 11) is 0. The molecule has 0 aromatic heterocycles. The van der Waals surface area contributed by atoms with E-state index < -0.39 is 22.9 Å². The third-order valence-electron chi connectivity index (χ3n) is 3.32. The molecule has 25 heavy (non-hydrogen) atoms. The summed E-state index contributed by atoms with van der Waals surface area (Å²) in [5.41, 5.74) is 1.26. The number of nitro benzene ring substituents is 1. The number of anilines is 1. The number of esters is 1. The number of carbonyl (C=O) groups excluding carboxylic acids is 2. The topological polar surface area (TPSA) is 98.5 Å². The van der Waals surface area contributed by atoms with E-state index in [2.05, 4.69) is 5.32 Å². The summed E-state index contributed by atoms with van der Waals surface area (Å²) in [5, 5.41) is 13.2. The number of hydrogen-bond acceptors (Lipinski definition) is 5. The van der Waals surface area contributed by atoms with Crippen molar-refractivity contribution in [1.82, 2.24) is 0 Å². The van der Waals surface area contributed by atoms with Gasteiger partial charge in [0, 0.05) is 17.8 Å². The number of non-ortho nitro benzene ring substituents is 1. The van der Waals surface area contributed by atoms with E-state index in [1.807, 2.05) is 13.0 Å². The Kier molecular flexibility index (Phi) is 5.71. The number of benzene rings is 2. The van der Waals surface area contributed by atoms with E-state index >= 15 is 0 Å². The Hall–Kier alpha value is -2.93. The number of ether oxygens (including phenoxy) is 1. The summed E-state index contributed by atoms with van der Waals surface area (Å²) in [5.74, 6) is -1.34. The Morgan fingerprint density at radius 2 is 1.96 bits per heavy atom. The molecule has 2 rings (SSSR count). The smallest absolute Gasteiger partial charge is 0.340 e. The maximum absolute atomic E-state index is 12.1. The van der Waals surface area contributed by atoms with Crippen LogP contribution in [-0.4, -0.2) is 22.9 Å². The van der Waals surface area contributed by atoms with Crippen LogP contribution in [0.25, 0.3) is 0 Å². The van der Waals surface area contributed by atoms with Crippen molar-refractivity contribution in [3.63, 3.8) is 0 Å². The maximum Gasteiger partial charge on any atom is 0.340 e. The number of hydrogen-bond donors (Lipinski definition) is 1. The molecule has 0 radical (unpaired) electrons. The van der Waals surface area contributed by atoms with Crippen molar-refractivity contribution in [3.05, 3.63) is 68.7 Å². The molecule has 1 N–H and O–H groups in total. The van der Waals surface area contributed by atoms with Gasteiger partial charge in [0.15, 0.2) is 6.10 Å². The summed E-state index contributed by atoms with van der Waals surface area (Å²) in [4.78, 5) is 34.3. The first-order chi connectivity index (χ1) is 11.8. The van der Waals surface area contributed by atoms with Crippen LogP contribution >= 0.6 is 11.6 Å². The van der Waals surface area contributed by atoms with E-state index in [9.17, 15) is 19.7 Å². The average molecular weight is 363 g/mol. The zero-order valence-corrected chi connectivity index (χ0v) is 14.2. The van der Waals surface area contributed by atoms with Gasteiger partial charge in [-0.1, -0.05) is 23.7 Å². The highest BCUT2D eigenvalue weighted by Gasteiger charge is 2.22. The first-order valence-corrected chi connectivity index (χ1v) is 7.68. The number of amides is 1. The van der Waals surface area contributed by atoms with Crippen molar-refractivity contribution in [2.75, 3.05) is 5.32 Å². The van der Waals surface area contributed by atoms with Gasteiger partial charge < -0.3 is 10.1 Å². The van der Waals surface area contributed by atoms with Gasteiger partial charge in [-0.2, -0.15) is 0 Å². The Morgan fingerprint density at radius 3 is 2.56 bits per heavy atom. The standard InChI is InChI=1S/C17H15ClN2O5/c1-10-4-3-5-12(8-10)19-16(21)11(2)25-17(22)14-7-6-13(20(23)24)9-15(14)18/h3-9,11H,1-2H3,(H,19,21)/t11-/m1/s1. The SMILES string of the molecule is Cc1cccc(NC(=O)[C@@H](C)OC(=O)c2ccc([N+](=O)[O-])cc2Cl)c1. The highest BCUT2D eigenvalue weighted by Crippen LogP contribution is 2.23. The lowest BCUT2D eigenvalue weighted by atomic mass is 10.2. The lowest BCUT2D eigenvalue weighted by Crippen LogP contribution is -2.30. The van der Waals surface area contributed by atoms with Crippen molar-refractivity contribution in [2.24, 2.45) is 0 Å². The van der Waals surface area contributed by atoms with Crippen molar-refractivity contribution in [3.8, 4) is 0 Å². The molecule has 1 amide bonds. The van der Waals surface area contributed by atoms with E-state index in [0.717, 1.165) is 17.7 Å². The number of carbonyl (C=O) groups is 2. The van der Waals surface area contributed by atoms with E-state index in [4.69, 9.17) is 16.3 Å². The molecule has 0 heterocycles. The number of aryl methyl sites for hydroxylation is 1. The Labute approximate surface area is 148 Å². The fourth-order valence-electron chi connectivity index (χ4n) is 2.03. The number of nitrogens with one attached hydrogen (secondary N) is 1. The van der Waals surface area contributed by atoms with E-state index in [1.165, 1.54) is 13.0 Å². The highest BCUT2D eigenvalue weighted by atomic mass is 35.5. The van der Waals surface area contributed by atoms with Crippen LogP contribution in [0, 0.1) is 17.0 Å². The van der Waals surface area contributed by atoms with Gasteiger partial charge in [0.25, 0.3) is 11.6 Å². The molecule has 8 heteroatoms. The molecule has 0 spiro atoms. The predicted molar refractivity (Wildman–Crippen MR) is 92.8 cm³/mol. The van der Waals surface area contributed by atoms with E-state index in [-0.39, 0.29) is 16.3 Å². The molecule has 0 saturated carbocycles. The second kappa shape index (κ2) is 7.76. The second-order valence-corrected chi connectivity index (χ2v) is 5.73. The van der Waals surface area contributed by atoms with Gasteiger partial charge in [0.05, 0.1) is 15.5 Å². The molecule has 2 aromatic carbocycles. The van der Waals surface area contributed by atoms with Gasteiger partial charge in [0.2, 0.25) is 0 Å². The minimum atomic E-state index is -1.07. The monoisotopic (exact) mass is 362 g/mol.